The van der Waals surface area contributed by atoms with Crippen LogP contribution in [0.15, 0.2) is 53.7 Å². The summed E-state index contributed by atoms with van der Waals surface area (Å²) in [6.45, 7) is 0.646. The first-order chi connectivity index (χ1) is 14.5. The third-order valence-corrected chi connectivity index (χ3v) is 5.92. The van der Waals surface area contributed by atoms with E-state index in [1.165, 1.54) is 30.0 Å². The van der Waals surface area contributed by atoms with E-state index in [1.807, 2.05) is 30.3 Å². The van der Waals surface area contributed by atoms with E-state index in [1.54, 1.807) is 0 Å². The summed E-state index contributed by atoms with van der Waals surface area (Å²) in [6.07, 6.45) is 2.21. The summed E-state index contributed by atoms with van der Waals surface area (Å²) in [5.74, 6) is 1.20. The van der Waals surface area contributed by atoms with Crippen LogP contribution in [0.4, 0.5) is 11.4 Å². The zero-order chi connectivity index (χ0) is 21.1. The molecule has 154 valence electrons. The summed E-state index contributed by atoms with van der Waals surface area (Å²) >= 11 is 7.10. The molecule has 1 aromatic heterocycles. The molecule has 0 unspecified atom stereocenters. The highest BCUT2D eigenvalue weighted by Crippen LogP contribution is 2.40. The van der Waals surface area contributed by atoms with Gasteiger partial charge in [-0.3, -0.25) is 14.9 Å². The Bertz CT molecular complexity index is 1090. The number of halogens is 1. The van der Waals surface area contributed by atoms with Gasteiger partial charge in [0.25, 0.3) is 5.69 Å². The van der Waals surface area contributed by atoms with Gasteiger partial charge in [-0.25, -0.2) is 0 Å². The maximum Gasteiger partial charge on any atom is 0.289 e. The molecule has 0 radical (unpaired) electrons. The van der Waals surface area contributed by atoms with Crippen LogP contribution in [-0.2, 0) is 11.3 Å². The number of nitro benzene ring substituents is 1. The van der Waals surface area contributed by atoms with Crippen LogP contribution >= 0.6 is 23.4 Å². The van der Waals surface area contributed by atoms with E-state index in [0.29, 0.717) is 23.3 Å². The number of carbonyl (C=O) groups excluding carboxylic acids is 1. The Morgan fingerprint density at radius 1 is 1.23 bits per heavy atom. The first-order valence-electron chi connectivity index (χ1n) is 9.35. The second-order valence-corrected chi connectivity index (χ2v) is 8.30. The molecule has 1 aliphatic rings. The number of benzene rings is 2. The molecule has 1 saturated carbocycles. The maximum atomic E-state index is 12.4. The van der Waals surface area contributed by atoms with Crippen molar-refractivity contribution in [2.24, 2.45) is 0 Å². The van der Waals surface area contributed by atoms with E-state index < -0.39 is 4.92 Å². The molecule has 1 fully saturated rings. The third-order valence-electron chi connectivity index (χ3n) is 4.63. The van der Waals surface area contributed by atoms with Gasteiger partial charge < -0.3 is 9.88 Å². The van der Waals surface area contributed by atoms with Crippen molar-refractivity contribution in [3.63, 3.8) is 0 Å². The number of nitrogens with one attached hydrogen (secondary N) is 1. The van der Waals surface area contributed by atoms with E-state index in [0.717, 1.165) is 24.2 Å². The molecule has 0 atom stereocenters. The molecule has 0 saturated heterocycles. The molecule has 1 heterocycles. The predicted molar refractivity (Wildman–Crippen MR) is 115 cm³/mol. The first kappa shape index (κ1) is 20.4. The minimum absolute atomic E-state index is 0.0222. The molecule has 0 aliphatic heterocycles. The standard InChI is InChI=1S/C20H18ClN5O3S/c21-16-9-8-15(10-17(16)26(28)29)22-18(27)12-30-20-24-23-19(14-6-7-14)25(20)11-13-4-2-1-3-5-13/h1-5,8-10,14H,6-7,11-12H2,(H,22,27). The zero-order valence-electron chi connectivity index (χ0n) is 15.8. The van der Waals surface area contributed by atoms with E-state index in [-0.39, 0.29) is 22.4 Å². The van der Waals surface area contributed by atoms with Crippen LogP contribution in [0.2, 0.25) is 5.02 Å². The van der Waals surface area contributed by atoms with Gasteiger partial charge in [0, 0.05) is 17.7 Å². The molecule has 30 heavy (non-hydrogen) atoms. The van der Waals surface area contributed by atoms with E-state index in [2.05, 4.69) is 20.1 Å². The van der Waals surface area contributed by atoms with Crippen molar-refractivity contribution in [3.8, 4) is 0 Å². The minimum atomic E-state index is -0.585. The van der Waals surface area contributed by atoms with Gasteiger partial charge in [-0.2, -0.15) is 0 Å². The lowest BCUT2D eigenvalue weighted by atomic mass is 10.2. The number of thioether (sulfide) groups is 1. The Hall–Kier alpha value is -2.91. The number of nitrogens with zero attached hydrogens (tertiary/aromatic N) is 4. The Morgan fingerprint density at radius 2 is 2.00 bits per heavy atom. The van der Waals surface area contributed by atoms with Crippen molar-refractivity contribution in [3.05, 3.63) is 75.1 Å². The number of carbonyl (C=O) groups is 1. The highest BCUT2D eigenvalue weighted by molar-refractivity contribution is 7.99. The summed E-state index contributed by atoms with van der Waals surface area (Å²) in [4.78, 5) is 22.8. The lowest BCUT2D eigenvalue weighted by molar-refractivity contribution is -0.384. The van der Waals surface area contributed by atoms with Crippen LogP contribution < -0.4 is 5.32 Å². The van der Waals surface area contributed by atoms with Crippen molar-refractivity contribution >= 4 is 40.6 Å². The summed E-state index contributed by atoms with van der Waals surface area (Å²) in [7, 11) is 0. The number of nitro groups is 1. The molecule has 10 heteroatoms. The van der Waals surface area contributed by atoms with Crippen molar-refractivity contribution in [2.45, 2.75) is 30.5 Å². The quantitative estimate of drug-likeness (QED) is 0.312. The molecular weight excluding hydrogens is 426 g/mol. The van der Waals surface area contributed by atoms with Gasteiger partial charge in [-0.05, 0) is 30.5 Å². The summed E-state index contributed by atoms with van der Waals surface area (Å²) in [6, 6.07) is 14.2. The molecule has 8 nitrogen and oxygen atoms in total. The normalized spacial score (nSPS) is 13.2. The van der Waals surface area contributed by atoms with Crippen LogP contribution in [0.25, 0.3) is 0 Å². The molecule has 4 rings (SSSR count). The molecule has 1 N–H and O–H groups in total. The van der Waals surface area contributed by atoms with E-state index in [4.69, 9.17) is 11.6 Å². The van der Waals surface area contributed by atoms with Crippen molar-refractivity contribution < 1.29 is 9.72 Å². The SMILES string of the molecule is O=C(CSc1nnc(C2CC2)n1Cc1ccccc1)Nc1ccc(Cl)c([N+](=O)[O-])c1. The molecule has 2 aromatic carbocycles. The van der Waals surface area contributed by atoms with Crippen molar-refractivity contribution in [1.82, 2.24) is 14.8 Å². The van der Waals surface area contributed by atoms with Gasteiger partial charge >= 0.3 is 0 Å². The first-order valence-corrected chi connectivity index (χ1v) is 10.7. The number of hydrogen-bond acceptors (Lipinski definition) is 6. The van der Waals surface area contributed by atoms with Gasteiger partial charge in [0.15, 0.2) is 5.16 Å². The highest BCUT2D eigenvalue weighted by Gasteiger charge is 2.30. The van der Waals surface area contributed by atoms with Gasteiger partial charge in [0.05, 0.1) is 17.2 Å². The maximum absolute atomic E-state index is 12.4. The topological polar surface area (TPSA) is 103 Å². The molecule has 1 amide bonds. The van der Waals surface area contributed by atoms with Crippen LogP contribution in [0.5, 0.6) is 0 Å². The highest BCUT2D eigenvalue weighted by atomic mass is 35.5. The lowest BCUT2D eigenvalue weighted by Crippen LogP contribution is -2.15. The Labute approximate surface area is 181 Å². The van der Waals surface area contributed by atoms with E-state index >= 15 is 0 Å². The fourth-order valence-corrected chi connectivity index (χ4v) is 3.95. The minimum Gasteiger partial charge on any atom is -0.325 e. The van der Waals surface area contributed by atoms with Crippen LogP contribution in [-0.4, -0.2) is 31.3 Å². The summed E-state index contributed by atoms with van der Waals surface area (Å²) < 4.78 is 2.07. The Morgan fingerprint density at radius 3 is 2.70 bits per heavy atom. The Balaban J connectivity index is 1.44. The van der Waals surface area contributed by atoms with E-state index in [9.17, 15) is 14.9 Å². The lowest BCUT2D eigenvalue weighted by Gasteiger charge is -2.10. The summed E-state index contributed by atoms with van der Waals surface area (Å²) in [5, 5.41) is 23.0. The zero-order valence-corrected chi connectivity index (χ0v) is 17.4. The van der Waals surface area contributed by atoms with Gasteiger partial charge in [-0.1, -0.05) is 53.7 Å². The average molecular weight is 444 g/mol. The molecule has 1 aliphatic carbocycles. The van der Waals surface area contributed by atoms with Crippen LogP contribution in [0.3, 0.4) is 0 Å². The second-order valence-electron chi connectivity index (χ2n) is 6.95. The van der Waals surface area contributed by atoms with Crippen LogP contribution in [0.1, 0.15) is 30.1 Å². The Kier molecular flexibility index (Phi) is 6.01. The van der Waals surface area contributed by atoms with Gasteiger partial charge in [0.1, 0.15) is 10.8 Å². The monoisotopic (exact) mass is 443 g/mol. The molecule has 0 bridgehead atoms. The number of anilines is 1. The fraction of sp³-hybridized carbons (Fsp3) is 0.250. The number of hydrogen-bond donors (Lipinski definition) is 1. The fourth-order valence-electron chi connectivity index (χ4n) is 3.02. The second kappa shape index (κ2) is 8.85. The van der Waals surface area contributed by atoms with Crippen molar-refractivity contribution in [1.29, 1.82) is 0 Å². The smallest absolute Gasteiger partial charge is 0.289 e. The number of rotatable bonds is 8. The average Bonchev–Trinajstić information content (AvgIpc) is 3.50. The number of aromatic nitrogens is 3. The largest absolute Gasteiger partial charge is 0.325 e. The van der Waals surface area contributed by atoms with Gasteiger partial charge in [0.2, 0.25) is 5.91 Å². The molecule has 0 spiro atoms. The summed E-state index contributed by atoms with van der Waals surface area (Å²) in [5.41, 5.74) is 1.21. The molecular formula is C20H18ClN5O3S. The third kappa shape index (κ3) is 4.80. The predicted octanol–water partition coefficient (Wildman–Crippen LogP) is 4.50. The van der Waals surface area contributed by atoms with Gasteiger partial charge in [-0.15, -0.1) is 10.2 Å². The van der Waals surface area contributed by atoms with Crippen LogP contribution in [0, 0.1) is 10.1 Å². The number of amides is 1. The molecule has 3 aromatic rings. The van der Waals surface area contributed by atoms with Crippen molar-refractivity contribution in [2.75, 3.05) is 11.1 Å².